The van der Waals surface area contributed by atoms with E-state index >= 15 is 0 Å². The molecule has 1 amide bonds. The molecule has 4 rings (SSSR count). The summed E-state index contributed by atoms with van der Waals surface area (Å²) in [5, 5.41) is 0. The Bertz CT molecular complexity index is 1100. The van der Waals surface area contributed by atoms with Crippen LogP contribution in [-0.2, 0) is 6.61 Å². The first-order valence-corrected chi connectivity index (χ1v) is 11.4. The van der Waals surface area contributed by atoms with Crippen LogP contribution in [0.5, 0.6) is 11.6 Å². The third kappa shape index (κ3) is 5.56. The molecule has 1 fully saturated rings. The second kappa shape index (κ2) is 9.99. The lowest BCUT2D eigenvalue weighted by Crippen LogP contribution is -2.17. The Labute approximate surface area is 189 Å². The number of aromatic nitrogens is 1. The van der Waals surface area contributed by atoms with Gasteiger partial charge >= 0.3 is 0 Å². The Morgan fingerprint density at radius 1 is 1.09 bits per heavy atom. The summed E-state index contributed by atoms with van der Waals surface area (Å²) in [6, 6.07) is 12.9. The number of carbonyl (C=O) groups is 1. The highest BCUT2D eigenvalue weighted by Gasteiger charge is 2.22. The van der Waals surface area contributed by atoms with Crippen molar-refractivity contribution in [3.8, 4) is 22.8 Å². The van der Waals surface area contributed by atoms with Crippen LogP contribution in [0, 0.1) is 17.6 Å². The minimum absolute atomic E-state index is 0.0208. The van der Waals surface area contributed by atoms with Crippen molar-refractivity contribution in [1.82, 2.24) is 9.71 Å². The molecule has 1 aliphatic carbocycles. The molecule has 32 heavy (non-hydrogen) atoms. The first-order chi connectivity index (χ1) is 15.5. The van der Waals surface area contributed by atoms with Crippen LogP contribution in [-0.4, -0.2) is 23.8 Å². The average molecular weight is 457 g/mol. The van der Waals surface area contributed by atoms with Gasteiger partial charge in [0.2, 0.25) is 5.88 Å². The molecule has 2 aromatic carbocycles. The van der Waals surface area contributed by atoms with Gasteiger partial charge < -0.3 is 9.47 Å². The normalized spacial score (nSPS) is 13.0. The van der Waals surface area contributed by atoms with Gasteiger partial charge in [0.05, 0.1) is 12.2 Å². The molecular formula is C24H22F2N2O3S. The molecule has 1 aromatic heterocycles. The summed E-state index contributed by atoms with van der Waals surface area (Å²) in [7, 11) is 0. The zero-order valence-electron chi connectivity index (χ0n) is 17.4. The number of amides is 1. The van der Waals surface area contributed by atoms with Crippen molar-refractivity contribution >= 4 is 17.9 Å². The van der Waals surface area contributed by atoms with Crippen molar-refractivity contribution in [2.24, 2.45) is 5.92 Å². The van der Waals surface area contributed by atoms with Crippen LogP contribution in [0.2, 0.25) is 0 Å². The van der Waals surface area contributed by atoms with Gasteiger partial charge in [-0.25, -0.2) is 13.8 Å². The van der Waals surface area contributed by atoms with E-state index in [9.17, 15) is 13.6 Å². The SMILES string of the molecule is CSNC(=O)c1cc(F)c(COc2cccc(-c3ccc(OCC4CC4)nc3)c2)cc1F. The fourth-order valence-electron chi connectivity index (χ4n) is 3.07. The van der Waals surface area contributed by atoms with Crippen molar-refractivity contribution < 1.29 is 23.0 Å². The summed E-state index contributed by atoms with van der Waals surface area (Å²) in [4.78, 5) is 16.1. The molecule has 1 N–H and O–H groups in total. The number of rotatable bonds is 9. The van der Waals surface area contributed by atoms with Gasteiger partial charge in [0.15, 0.2) is 0 Å². The van der Waals surface area contributed by atoms with E-state index < -0.39 is 17.5 Å². The molecule has 3 aromatic rings. The zero-order valence-corrected chi connectivity index (χ0v) is 18.3. The van der Waals surface area contributed by atoms with E-state index in [4.69, 9.17) is 9.47 Å². The maximum Gasteiger partial charge on any atom is 0.264 e. The highest BCUT2D eigenvalue weighted by Crippen LogP contribution is 2.30. The van der Waals surface area contributed by atoms with Crippen LogP contribution in [0.4, 0.5) is 8.78 Å². The topological polar surface area (TPSA) is 60.5 Å². The van der Waals surface area contributed by atoms with E-state index in [1.807, 2.05) is 24.3 Å². The summed E-state index contributed by atoms with van der Waals surface area (Å²) >= 11 is 1.01. The lowest BCUT2D eigenvalue weighted by molar-refractivity contribution is 0.0980. The number of benzene rings is 2. The van der Waals surface area contributed by atoms with Gasteiger partial charge in [-0.3, -0.25) is 9.52 Å². The number of halogens is 2. The van der Waals surface area contributed by atoms with E-state index in [1.54, 1.807) is 24.6 Å². The average Bonchev–Trinajstić information content (AvgIpc) is 3.63. The number of pyridine rings is 1. The van der Waals surface area contributed by atoms with Crippen LogP contribution < -0.4 is 14.2 Å². The van der Waals surface area contributed by atoms with E-state index in [0.717, 1.165) is 35.2 Å². The quantitative estimate of drug-likeness (QED) is 0.437. The number of nitrogens with one attached hydrogen (secondary N) is 1. The molecule has 0 unspecified atom stereocenters. The molecule has 166 valence electrons. The van der Waals surface area contributed by atoms with Crippen LogP contribution in [0.1, 0.15) is 28.8 Å². The summed E-state index contributed by atoms with van der Waals surface area (Å²) < 4.78 is 42.3. The standard InChI is InChI=1S/C24H22F2N2O3S/c1-32-28-24(29)20-11-21(25)18(10-22(20)26)14-30-19-4-2-3-16(9-19)17-7-8-23(27-12-17)31-13-15-5-6-15/h2-4,7-12,15H,5-6,13-14H2,1H3,(H,28,29). The number of carbonyl (C=O) groups excluding carboxylic acids is 1. The number of hydrogen-bond acceptors (Lipinski definition) is 5. The number of hydrogen-bond donors (Lipinski definition) is 1. The maximum atomic E-state index is 14.4. The van der Waals surface area contributed by atoms with Crippen molar-refractivity contribution in [3.05, 3.63) is 77.5 Å². The predicted octanol–water partition coefficient (Wildman–Crippen LogP) is 5.40. The lowest BCUT2D eigenvalue weighted by atomic mass is 10.1. The fourth-order valence-corrected chi connectivity index (χ4v) is 3.37. The van der Waals surface area contributed by atoms with Gasteiger partial charge in [-0.15, -0.1) is 0 Å². The Kier molecular flexibility index (Phi) is 6.90. The first-order valence-electron chi connectivity index (χ1n) is 10.2. The smallest absolute Gasteiger partial charge is 0.264 e. The van der Waals surface area contributed by atoms with Crippen LogP contribution in [0.15, 0.2) is 54.7 Å². The number of ether oxygens (including phenoxy) is 2. The lowest BCUT2D eigenvalue weighted by Gasteiger charge is -2.11. The molecular weight excluding hydrogens is 434 g/mol. The van der Waals surface area contributed by atoms with Gasteiger partial charge in [0, 0.05) is 29.6 Å². The molecule has 0 atom stereocenters. The van der Waals surface area contributed by atoms with Gasteiger partial charge in [-0.05, 0) is 54.7 Å². The summed E-state index contributed by atoms with van der Waals surface area (Å²) in [6.07, 6.45) is 5.79. The maximum absolute atomic E-state index is 14.4. The van der Waals surface area contributed by atoms with E-state index in [1.165, 1.54) is 12.8 Å². The van der Waals surface area contributed by atoms with Crippen molar-refractivity contribution in [2.45, 2.75) is 19.4 Å². The fraction of sp³-hybridized carbons (Fsp3) is 0.250. The van der Waals surface area contributed by atoms with Crippen LogP contribution in [0.25, 0.3) is 11.1 Å². The molecule has 1 heterocycles. The van der Waals surface area contributed by atoms with Crippen LogP contribution in [0.3, 0.4) is 0 Å². The summed E-state index contributed by atoms with van der Waals surface area (Å²) in [6.45, 7) is 0.527. The van der Waals surface area contributed by atoms with E-state index in [2.05, 4.69) is 9.71 Å². The van der Waals surface area contributed by atoms with Crippen molar-refractivity contribution in [2.75, 3.05) is 12.9 Å². The van der Waals surface area contributed by atoms with Crippen molar-refractivity contribution in [3.63, 3.8) is 0 Å². The Hall–Kier alpha value is -3.13. The highest BCUT2D eigenvalue weighted by atomic mass is 32.2. The van der Waals surface area contributed by atoms with Gasteiger partial charge in [-0.1, -0.05) is 24.1 Å². The van der Waals surface area contributed by atoms with Gasteiger partial charge in [0.25, 0.3) is 5.91 Å². The molecule has 5 nitrogen and oxygen atoms in total. The third-order valence-corrected chi connectivity index (χ3v) is 5.43. The Morgan fingerprint density at radius 3 is 2.66 bits per heavy atom. The molecule has 1 aliphatic rings. The third-order valence-electron chi connectivity index (χ3n) is 5.04. The monoisotopic (exact) mass is 456 g/mol. The zero-order chi connectivity index (χ0) is 22.5. The molecule has 0 bridgehead atoms. The first kappa shape index (κ1) is 22.1. The Balaban J connectivity index is 1.42. The largest absolute Gasteiger partial charge is 0.489 e. The summed E-state index contributed by atoms with van der Waals surface area (Å²) in [5.41, 5.74) is 1.43. The minimum Gasteiger partial charge on any atom is -0.489 e. The molecule has 1 saturated carbocycles. The van der Waals surface area contributed by atoms with Crippen LogP contribution >= 0.6 is 11.9 Å². The predicted molar refractivity (Wildman–Crippen MR) is 120 cm³/mol. The molecule has 0 radical (unpaired) electrons. The van der Waals surface area contributed by atoms with Crippen molar-refractivity contribution in [1.29, 1.82) is 0 Å². The van der Waals surface area contributed by atoms with Gasteiger partial charge in [-0.2, -0.15) is 0 Å². The Morgan fingerprint density at radius 2 is 1.94 bits per heavy atom. The second-order valence-electron chi connectivity index (χ2n) is 7.51. The molecule has 0 aliphatic heterocycles. The van der Waals surface area contributed by atoms with E-state index in [0.29, 0.717) is 24.2 Å². The molecule has 0 spiro atoms. The summed E-state index contributed by atoms with van der Waals surface area (Å²) in [5.74, 6) is -0.445. The minimum atomic E-state index is -0.805. The molecule has 8 heteroatoms. The molecule has 0 saturated heterocycles. The highest BCUT2D eigenvalue weighted by molar-refractivity contribution is 7.97. The van der Waals surface area contributed by atoms with E-state index in [-0.39, 0.29) is 17.7 Å². The second-order valence-corrected chi connectivity index (χ2v) is 8.13. The van der Waals surface area contributed by atoms with Gasteiger partial charge in [0.1, 0.15) is 24.0 Å². The number of nitrogens with zero attached hydrogens (tertiary/aromatic N) is 1.